The Morgan fingerprint density at radius 3 is 2.94 bits per heavy atom. The van der Waals surface area contributed by atoms with Crippen LogP contribution in [0.1, 0.15) is 22.8 Å². The van der Waals surface area contributed by atoms with E-state index in [1.54, 1.807) is 26.2 Å². The molecule has 88 valence electrons. The lowest BCUT2D eigenvalue weighted by molar-refractivity contribution is 0.0923. The third-order valence-corrected chi connectivity index (χ3v) is 2.06. The predicted molar refractivity (Wildman–Crippen MR) is 61.2 cm³/mol. The van der Waals surface area contributed by atoms with Gasteiger partial charge in [0.05, 0.1) is 12.7 Å². The van der Waals surface area contributed by atoms with Crippen LogP contribution in [0.15, 0.2) is 24.3 Å². The van der Waals surface area contributed by atoms with Crippen LogP contribution < -0.4 is 5.32 Å². The van der Waals surface area contributed by atoms with Gasteiger partial charge in [0, 0.05) is 19.2 Å². The Kier molecular flexibility index (Phi) is 4.95. The molecular formula is C12H17NO3. The minimum Gasteiger partial charge on any atom is -0.392 e. The van der Waals surface area contributed by atoms with Crippen molar-refractivity contribution in [3.63, 3.8) is 0 Å². The van der Waals surface area contributed by atoms with Gasteiger partial charge in [0.15, 0.2) is 0 Å². The molecule has 0 fully saturated rings. The Bertz CT molecular complexity index is 350. The fourth-order valence-corrected chi connectivity index (χ4v) is 1.31. The number of carbonyl (C=O) groups is 1. The van der Waals surface area contributed by atoms with Crippen LogP contribution in [0.5, 0.6) is 0 Å². The number of benzene rings is 1. The number of ether oxygens (including phenoxy) is 1. The number of hydrogen-bond acceptors (Lipinski definition) is 3. The van der Waals surface area contributed by atoms with Gasteiger partial charge in [-0.15, -0.1) is 0 Å². The summed E-state index contributed by atoms with van der Waals surface area (Å²) in [5.74, 6) is -0.182. The molecule has 4 nitrogen and oxygen atoms in total. The highest BCUT2D eigenvalue weighted by Crippen LogP contribution is 2.06. The Balaban J connectivity index is 2.64. The Hall–Kier alpha value is -1.39. The van der Waals surface area contributed by atoms with Gasteiger partial charge in [0.2, 0.25) is 0 Å². The molecule has 4 heteroatoms. The van der Waals surface area contributed by atoms with Gasteiger partial charge in [-0.3, -0.25) is 4.79 Å². The van der Waals surface area contributed by atoms with E-state index in [-0.39, 0.29) is 12.5 Å². The SMILES string of the molecule is COCc1cccc(C(=O)NC[C@H](C)O)c1. The van der Waals surface area contributed by atoms with E-state index in [1.807, 2.05) is 12.1 Å². The summed E-state index contributed by atoms with van der Waals surface area (Å²) in [6, 6.07) is 7.22. The quantitative estimate of drug-likeness (QED) is 0.781. The fourth-order valence-electron chi connectivity index (χ4n) is 1.31. The minimum atomic E-state index is -0.536. The monoisotopic (exact) mass is 223 g/mol. The van der Waals surface area contributed by atoms with Gasteiger partial charge in [-0.1, -0.05) is 12.1 Å². The molecule has 1 aromatic carbocycles. The summed E-state index contributed by atoms with van der Waals surface area (Å²) in [5.41, 5.74) is 1.53. The lowest BCUT2D eigenvalue weighted by Gasteiger charge is -2.08. The maximum absolute atomic E-state index is 11.6. The van der Waals surface area contributed by atoms with Crippen molar-refractivity contribution in [1.29, 1.82) is 0 Å². The summed E-state index contributed by atoms with van der Waals surface area (Å²) in [7, 11) is 1.61. The molecule has 1 amide bonds. The van der Waals surface area contributed by atoms with E-state index < -0.39 is 6.10 Å². The summed E-state index contributed by atoms with van der Waals surface area (Å²) in [4.78, 5) is 11.6. The predicted octanol–water partition coefficient (Wildman–Crippen LogP) is 0.944. The number of methoxy groups -OCH3 is 1. The lowest BCUT2D eigenvalue weighted by Crippen LogP contribution is -2.30. The van der Waals surface area contributed by atoms with Crippen molar-refractivity contribution in [3.8, 4) is 0 Å². The van der Waals surface area contributed by atoms with E-state index in [1.165, 1.54) is 0 Å². The van der Waals surface area contributed by atoms with Crippen LogP contribution in [0.3, 0.4) is 0 Å². The maximum Gasteiger partial charge on any atom is 0.251 e. The third kappa shape index (κ3) is 4.00. The molecular weight excluding hydrogens is 206 g/mol. The number of nitrogens with one attached hydrogen (secondary N) is 1. The molecule has 0 radical (unpaired) electrons. The molecule has 0 heterocycles. The smallest absolute Gasteiger partial charge is 0.251 e. The standard InChI is InChI=1S/C12H17NO3/c1-9(14)7-13-12(15)11-5-3-4-10(6-11)8-16-2/h3-6,9,14H,7-8H2,1-2H3,(H,13,15)/t9-/m0/s1. The summed E-state index contributed by atoms with van der Waals surface area (Å²) >= 11 is 0. The van der Waals surface area contributed by atoms with Gasteiger partial charge in [-0.25, -0.2) is 0 Å². The van der Waals surface area contributed by atoms with E-state index in [0.717, 1.165) is 5.56 Å². The number of rotatable bonds is 5. The zero-order valence-electron chi connectivity index (χ0n) is 9.56. The average molecular weight is 223 g/mol. The first kappa shape index (κ1) is 12.7. The number of hydrogen-bond donors (Lipinski definition) is 2. The van der Waals surface area contributed by atoms with Crippen LogP contribution in [-0.2, 0) is 11.3 Å². The molecule has 0 aliphatic heterocycles. The number of amides is 1. The van der Waals surface area contributed by atoms with Crippen molar-refractivity contribution >= 4 is 5.91 Å². The first-order chi connectivity index (χ1) is 7.63. The summed E-state index contributed by atoms with van der Waals surface area (Å²) in [6.45, 7) is 2.37. The highest BCUT2D eigenvalue weighted by Gasteiger charge is 2.06. The van der Waals surface area contributed by atoms with Crippen molar-refractivity contribution in [2.75, 3.05) is 13.7 Å². The molecule has 0 bridgehead atoms. The van der Waals surface area contributed by atoms with Crippen molar-refractivity contribution in [1.82, 2.24) is 5.32 Å². The molecule has 0 spiro atoms. The van der Waals surface area contributed by atoms with Crippen molar-refractivity contribution < 1.29 is 14.6 Å². The van der Waals surface area contributed by atoms with E-state index in [2.05, 4.69) is 5.32 Å². The van der Waals surface area contributed by atoms with Crippen LogP contribution in [0, 0.1) is 0 Å². The summed E-state index contributed by atoms with van der Waals surface area (Å²) < 4.78 is 4.99. The van der Waals surface area contributed by atoms with Crippen LogP contribution in [0.2, 0.25) is 0 Å². The van der Waals surface area contributed by atoms with Crippen LogP contribution >= 0.6 is 0 Å². The average Bonchev–Trinajstić information content (AvgIpc) is 2.26. The van der Waals surface area contributed by atoms with Gasteiger partial charge in [-0.05, 0) is 24.6 Å². The molecule has 0 aliphatic carbocycles. The number of carbonyl (C=O) groups excluding carboxylic acids is 1. The molecule has 1 atom stereocenters. The second kappa shape index (κ2) is 6.25. The van der Waals surface area contributed by atoms with E-state index in [0.29, 0.717) is 12.2 Å². The second-order valence-electron chi connectivity index (χ2n) is 3.69. The molecule has 0 saturated carbocycles. The first-order valence-electron chi connectivity index (χ1n) is 5.17. The lowest BCUT2D eigenvalue weighted by atomic mass is 10.1. The Morgan fingerprint density at radius 1 is 1.56 bits per heavy atom. The molecule has 1 rings (SSSR count). The number of aliphatic hydroxyl groups excluding tert-OH is 1. The van der Waals surface area contributed by atoms with Crippen molar-refractivity contribution in [2.45, 2.75) is 19.6 Å². The fraction of sp³-hybridized carbons (Fsp3) is 0.417. The number of aliphatic hydroxyl groups is 1. The van der Waals surface area contributed by atoms with E-state index in [9.17, 15) is 4.79 Å². The van der Waals surface area contributed by atoms with Gasteiger partial charge < -0.3 is 15.2 Å². The van der Waals surface area contributed by atoms with Crippen molar-refractivity contribution in [3.05, 3.63) is 35.4 Å². The minimum absolute atomic E-state index is 0.182. The molecule has 1 aromatic rings. The van der Waals surface area contributed by atoms with Gasteiger partial charge in [0.1, 0.15) is 0 Å². The largest absolute Gasteiger partial charge is 0.392 e. The second-order valence-corrected chi connectivity index (χ2v) is 3.69. The highest BCUT2D eigenvalue weighted by atomic mass is 16.5. The van der Waals surface area contributed by atoms with Crippen molar-refractivity contribution in [2.24, 2.45) is 0 Å². The maximum atomic E-state index is 11.6. The molecule has 0 unspecified atom stereocenters. The summed E-state index contributed by atoms with van der Waals surface area (Å²) in [5, 5.41) is 11.7. The normalized spacial score (nSPS) is 12.2. The molecule has 0 aromatic heterocycles. The Morgan fingerprint density at radius 2 is 2.31 bits per heavy atom. The topological polar surface area (TPSA) is 58.6 Å². The zero-order valence-corrected chi connectivity index (χ0v) is 9.56. The van der Waals surface area contributed by atoms with Crippen LogP contribution in [-0.4, -0.2) is 30.8 Å². The molecule has 2 N–H and O–H groups in total. The third-order valence-electron chi connectivity index (χ3n) is 2.06. The molecule has 0 aliphatic rings. The molecule has 0 saturated heterocycles. The highest BCUT2D eigenvalue weighted by molar-refractivity contribution is 5.94. The van der Waals surface area contributed by atoms with E-state index >= 15 is 0 Å². The van der Waals surface area contributed by atoms with Gasteiger partial charge >= 0.3 is 0 Å². The Labute approximate surface area is 95.2 Å². The first-order valence-corrected chi connectivity index (χ1v) is 5.17. The van der Waals surface area contributed by atoms with Gasteiger partial charge in [0.25, 0.3) is 5.91 Å². The van der Waals surface area contributed by atoms with Crippen LogP contribution in [0.4, 0.5) is 0 Å². The van der Waals surface area contributed by atoms with E-state index in [4.69, 9.17) is 9.84 Å². The van der Waals surface area contributed by atoms with Gasteiger partial charge in [-0.2, -0.15) is 0 Å². The van der Waals surface area contributed by atoms with Crippen LogP contribution in [0.25, 0.3) is 0 Å². The molecule has 16 heavy (non-hydrogen) atoms. The zero-order chi connectivity index (χ0) is 12.0. The summed E-state index contributed by atoms with van der Waals surface area (Å²) in [6.07, 6.45) is -0.536.